The van der Waals surface area contributed by atoms with Gasteiger partial charge in [0.25, 0.3) is 0 Å². The van der Waals surface area contributed by atoms with Crippen molar-refractivity contribution in [3.63, 3.8) is 0 Å². The van der Waals surface area contributed by atoms with Crippen LogP contribution in [0, 0.1) is 10.8 Å². The summed E-state index contributed by atoms with van der Waals surface area (Å²) in [6.45, 7) is 8.31. The van der Waals surface area contributed by atoms with Crippen LogP contribution in [0.3, 0.4) is 0 Å². The Hall–Kier alpha value is -0.0900. The second-order valence-corrected chi connectivity index (χ2v) is 8.89. The Bertz CT molecular complexity index is 479. The first kappa shape index (κ1) is 16.3. The molecule has 1 atom stereocenters. The van der Waals surface area contributed by atoms with Crippen molar-refractivity contribution in [2.24, 2.45) is 10.8 Å². The standard InChI is InChI=1S/C15H21Cl2NOS/c1-14(2,3)4-5-15(6-7-18-9-15)12(19)11-8-10(16)13(17)20-11/h8,18H,4-7,9H2,1-3H3. The number of ketones is 1. The van der Waals surface area contributed by atoms with E-state index in [9.17, 15) is 4.79 Å². The van der Waals surface area contributed by atoms with E-state index in [0.717, 1.165) is 32.4 Å². The molecule has 0 spiro atoms. The lowest BCUT2D eigenvalue weighted by Gasteiger charge is -2.30. The molecule has 1 unspecified atom stereocenters. The van der Waals surface area contributed by atoms with Gasteiger partial charge in [-0.1, -0.05) is 44.0 Å². The molecule has 112 valence electrons. The summed E-state index contributed by atoms with van der Waals surface area (Å²) in [5.41, 5.74) is -0.0502. The fourth-order valence-electron chi connectivity index (χ4n) is 2.60. The van der Waals surface area contributed by atoms with Crippen LogP contribution in [0.2, 0.25) is 9.36 Å². The molecular weight excluding hydrogens is 313 g/mol. The summed E-state index contributed by atoms with van der Waals surface area (Å²) < 4.78 is 0.506. The Morgan fingerprint density at radius 2 is 2.15 bits per heavy atom. The van der Waals surface area contributed by atoms with Crippen molar-refractivity contribution in [2.75, 3.05) is 13.1 Å². The number of carbonyl (C=O) groups excluding carboxylic acids is 1. The highest BCUT2D eigenvalue weighted by atomic mass is 35.5. The van der Waals surface area contributed by atoms with Crippen LogP contribution < -0.4 is 5.32 Å². The monoisotopic (exact) mass is 333 g/mol. The molecule has 0 aromatic carbocycles. The number of rotatable bonds is 4. The van der Waals surface area contributed by atoms with Crippen LogP contribution in [0.25, 0.3) is 0 Å². The topological polar surface area (TPSA) is 29.1 Å². The molecular formula is C15H21Cl2NOS. The zero-order valence-electron chi connectivity index (χ0n) is 12.2. The van der Waals surface area contributed by atoms with Crippen molar-refractivity contribution in [2.45, 2.75) is 40.0 Å². The first-order valence-electron chi connectivity index (χ1n) is 6.94. The molecule has 2 nitrogen and oxygen atoms in total. The third-order valence-electron chi connectivity index (χ3n) is 3.95. The molecule has 1 N–H and O–H groups in total. The molecule has 2 heterocycles. The molecule has 2 rings (SSSR count). The maximum Gasteiger partial charge on any atom is 0.180 e. The average Bonchev–Trinajstić information content (AvgIpc) is 2.94. The van der Waals surface area contributed by atoms with Gasteiger partial charge in [-0.2, -0.15) is 0 Å². The van der Waals surface area contributed by atoms with Crippen LogP contribution in [-0.4, -0.2) is 18.9 Å². The van der Waals surface area contributed by atoms with E-state index in [-0.39, 0.29) is 16.6 Å². The van der Waals surface area contributed by atoms with Crippen LogP contribution >= 0.6 is 34.5 Å². The number of Topliss-reactive ketones (excluding diaryl/α,β-unsaturated/α-hetero) is 1. The maximum atomic E-state index is 12.9. The predicted molar refractivity (Wildman–Crippen MR) is 87.3 cm³/mol. The minimum atomic E-state index is -0.287. The highest BCUT2D eigenvalue weighted by Crippen LogP contribution is 2.41. The van der Waals surface area contributed by atoms with Gasteiger partial charge >= 0.3 is 0 Å². The molecule has 1 aromatic heterocycles. The third-order valence-corrected chi connectivity index (χ3v) is 5.81. The number of halogens is 2. The SMILES string of the molecule is CC(C)(C)CCC1(C(=O)c2cc(Cl)c(Cl)s2)CCNC1. The Kier molecular flexibility index (Phi) is 4.85. The molecule has 5 heteroatoms. The number of hydrogen-bond donors (Lipinski definition) is 1. The van der Waals surface area contributed by atoms with Gasteiger partial charge in [-0.3, -0.25) is 4.79 Å². The molecule has 1 aromatic rings. The first-order chi connectivity index (χ1) is 9.23. The van der Waals surface area contributed by atoms with Crippen molar-refractivity contribution in [1.82, 2.24) is 5.32 Å². The Balaban J connectivity index is 2.21. The highest BCUT2D eigenvalue weighted by molar-refractivity contribution is 7.18. The minimum absolute atomic E-state index is 0.200. The molecule has 1 aliphatic rings. The Morgan fingerprint density at radius 3 is 2.60 bits per heavy atom. The molecule has 0 aliphatic carbocycles. The van der Waals surface area contributed by atoms with Crippen LogP contribution in [0.15, 0.2) is 6.07 Å². The number of thiophene rings is 1. The van der Waals surface area contributed by atoms with Gasteiger partial charge in [0.05, 0.1) is 9.90 Å². The number of nitrogens with one attached hydrogen (secondary N) is 1. The van der Waals surface area contributed by atoms with Gasteiger partial charge in [0.1, 0.15) is 4.34 Å². The van der Waals surface area contributed by atoms with E-state index in [4.69, 9.17) is 23.2 Å². The van der Waals surface area contributed by atoms with E-state index < -0.39 is 0 Å². The van der Waals surface area contributed by atoms with Crippen LogP contribution in [-0.2, 0) is 0 Å². The van der Waals surface area contributed by atoms with Crippen molar-refractivity contribution in [3.05, 3.63) is 20.3 Å². The van der Waals surface area contributed by atoms with E-state index in [1.165, 1.54) is 11.3 Å². The molecule has 0 radical (unpaired) electrons. The lowest BCUT2D eigenvalue weighted by molar-refractivity contribution is 0.0788. The number of hydrogen-bond acceptors (Lipinski definition) is 3. The van der Waals surface area contributed by atoms with Crippen LogP contribution in [0.4, 0.5) is 0 Å². The Labute approximate surface area is 134 Å². The molecule has 0 bridgehead atoms. The second-order valence-electron chi connectivity index (χ2n) is 6.83. The summed E-state index contributed by atoms with van der Waals surface area (Å²) in [4.78, 5) is 13.6. The van der Waals surface area contributed by atoms with Crippen molar-refractivity contribution < 1.29 is 4.79 Å². The van der Waals surface area contributed by atoms with Crippen molar-refractivity contribution in [3.8, 4) is 0 Å². The summed E-state index contributed by atoms with van der Waals surface area (Å²) in [5, 5.41) is 3.82. The zero-order valence-corrected chi connectivity index (χ0v) is 14.5. The lowest BCUT2D eigenvalue weighted by Crippen LogP contribution is -2.34. The molecule has 20 heavy (non-hydrogen) atoms. The van der Waals surface area contributed by atoms with E-state index in [0.29, 0.717) is 14.2 Å². The summed E-state index contributed by atoms with van der Waals surface area (Å²) in [6.07, 6.45) is 2.85. The van der Waals surface area contributed by atoms with Gasteiger partial charge in [0, 0.05) is 12.0 Å². The zero-order chi connectivity index (χ0) is 15.0. The first-order valence-corrected chi connectivity index (χ1v) is 8.51. The molecule has 1 aliphatic heterocycles. The van der Waals surface area contributed by atoms with E-state index in [1.807, 2.05) is 0 Å². The summed E-state index contributed by atoms with van der Waals surface area (Å²) in [7, 11) is 0. The van der Waals surface area contributed by atoms with Crippen LogP contribution in [0.1, 0.15) is 49.7 Å². The molecule has 0 amide bonds. The van der Waals surface area contributed by atoms with E-state index in [2.05, 4.69) is 26.1 Å². The molecule has 1 saturated heterocycles. The second kappa shape index (κ2) is 5.96. The molecule has 0 saturated carbocycles. The third kappa shape index (κ3) is 3.56. The van der Waals surface area contributed by atoms with E-state index >= 15 is 0 Å². The van der Waals surface area contributed by atoms with Gasteiger partial charge in [-0.15, -0.1) is 11.3 Å². The summed E-state index contributed by atoms with van der Waals surface area (Å²) >= 11 is 13.3. The normalized spacial score (nSPS) is 23.2. The predicted octanol–water partition coefficient (Wildman–Crippen LogP) is 5.04. The van der Waals surface area contributed by atoms with Gasteiger partial charge in [0.2, 0.25) is 0 Å². The van der Waals surface area contributed by atoms with Gasteiger partial charge in [0.15, 0.2) is 5.78 Å². The van der Waals surface area contributed by atoms with Crippen molar-refractivity contribution in [1.29, 1.82) is 0 Å². The quantitative estimate of drug-likeness (QED) is 0.781. The van der Waals surface area contributed by atoms with E-state index in [1.54, 1.807) is 6.07 Å². The highest BCUT2D eigenvalue weighted by Gasteiger charge is 2.42. The maximum absolute atomic E-state index is 12.9. The largest absolute Gasteiger partial charge is 0.316 e. The Morgan fingerprint density at radius 1 is 1.45 bits per heavy atom. The van der Waals surface area contributed by atoms with Crippen LogP contribution in [0.5, 0.6) is 0 Å². The smallest absolute Gasteiger partial charge is 0.180 e. The summed E-state index contributed by atoms with van der Waals surface area (Å²) in [5.74, 6) is 0.200. The van der Waals surface area contributed by atoms with Gasteiger partial charge in [-0.05, 0) is 37.3 Å². The average molecular weight is 334 g/mol. The fraction of sp³-hybridized carbons (Fsp3) is 0.667. The molecule has 1 fully saturated rings. The van der Waals surface area contributed by atoms with Crippen molar-refractivity contribution >= 4 is 40.3 Å². The minimum Gasteiger partial charge on any atom is -0.316 e. The summed E-state index contributed by atoms with van der Waals surface area (Å²) in [6, 6.07) is 1.72. The fourth-order valence-corrected chi connectivity index (χ4v) is 4.03. The van der Waals surface area contributed by atoms with Gasteiger partial charge < -0.3 is 5.32 Å². The number of carbonyl (C=O) groups is 1. The van der Waals surface area contributed by atoms with Gasteiger partial charge in [-0.25, -0.2) is 0 Å². The lowest BCUT2D eigenvalue weighted by atomic mass is 9.74.